The molecule has 0 aromatic rings. The van der Waals surface area contributed by atoms with Gasteiger partial charge in [0.2, 0.25) is 5.92 Å². The second kappa shape index (κ2) is 3.26. The molecule has 1 spiro atoms. The molecule has 0 radical (unpaired) electrons. The van der Waals surface area contributed by atoms with Gasteiger partial charge in [0.25, 0.3) is 0 Å². The summed E-state index contributed by atoms with van der Waals surface area (Å²) in [4.78, 5) is 11.3. The number of carbonyl (C=O) groups is 1. The molecule has 1 heterocycles. The number of nitrogens with one attached hydrogen (secondary N) is 1. The predicted molar refractivity (Wildman–Crippen MR) is 48.4 cm³/mol. The summed E-state index contributed by atoms with van der Waals surface area (Å²) in [6, 6.07) is 0. The van der Waals surface area contributed by atoms with Crippen molar-refractivity contribution in [3.05, 3.63) is 0 Å². The van der Waals surface area contributed by atoms with E-state index in [1.165, 1.54) is 0 Å². The number of Topliss-reactive ketones (excluding diaryl/α,β-unsaturated/α-hetero) is 1. The highest BCUT2D eigenvalue weighted by atomic mass is 19.3. The molecule has 1 N–H and O–H groups in total. The van der Waals surface area contributed by atoms with Crippen LogP contribution < -0.4 is 5.32 Å². The van der Waals surface area contributed by atoms with Gasteiger partial charge in [0, 0.05) is 37.8 Å². The van der Waals surface area contributed by atoms with Crippen molar-refractivity contribution < 1.29 is 13.6 Å². The third-order valence-electron chi connectivity index (χ3n) is 3.38. The van der Waals surface area contributed by atoms with Crippen molar-refractivity contribution >= 4 is 5.78 Å². The van der Waals surface area contributed by atoms with Gasteiger partial charge in [-0.25, -0.2) is 8.78 Å². The van der Waals surface area contributed by atoms with E-state index in [-0.39, 0.29) is 24.2 Å². The molecular formula is C10H15F2NO. The fourth-order valence-corrected chi connectivity index (χ4v) is 2.44. The monoisotopic (exact) mass is 203 g/mol. The van der Waals surface area contributed by atoms with Crippen LogP contribution in [0.1, 0.15) is 38.5 Å². The van der Waals surface area contributed by atoms with E-state index in [0.29, 0.717) is 32.2 Å². The third kappa shape index (κ3) is 1.95. The van der Waals surface area contributed by atoms with E-state index in [1.807, 2.05) is 0 Å². The van der Waals surface area contributed by atoms with Crippen LogP contribution in [0.15, 0.2) is 0 Å². The van der Waals surface area contributed by atoms with E-state index in [0.717, 1.165) is 0 Å². The lowest BCUT2D eigenvalue weighted by Gasteiger charge is -2.42. The van der Waals surface area contributed by atoms with Crippen LogP contribution in [0.3, 0.4) is 0 Å². The summed E-state index contributed by atoms with van der Waals surface area (Å²) in [6.07, 6.45) is 1.72. The first-order valence-electron chi connectivity index (χ1n) is 5.16. The molecule has 0 atom stereocenters. The Morgan fingerprint density at radius 3 is 2.36 bits per heavy atom. The minimum absolute atomic E-state index is 0.0761. The molecule has 1 saturated carbocycles. The van der Waals surface area contributed by atoms with Gasteiger partial charge >= 0.3 is 0 Å². The van der Waals surface area contributed by atoms with E-state index < -0.39 is 5.92 Å². The lowest BCUT2D eigenvalue weighted by atomic mass is 9.75. The van der Waals surface area contributed by atoms with Gasteiger partial charge in [0.1, 0.15) is 5.78 Å². The maximum atomic E-state index is 12.9. The first-order valence-corrected chi connectivity index (χ1v) is 5.16. The summed E-state index contributed by atoms with van der Waals surface area (Å²) in [7, 11) is 0. The summed E-state index contributed by atoms with van der Waals surface area (Å²) in [5, 5.41) is 3.25. The SMILES string of the molecule is O=C1CCNC2(CCC(F)(F)CC2)C1. The van der Waals surface area contributed by atoms with Crippen LogP contribution in [0.2, 0.25) is 0 Å². The number of hydrogen-bond acceptors (Lipinski definition) is 2. The molecule has 80 valence electrons. The van der Waals surface area contributed by atoms with E-state index >= 15 is 0 Å². The third-order valence-corrected chi connectivity index (χ3v) is 3.38. The molecule has 2 aliphatic rings. The standard InChI is InChI=1S/C10H15F2NO/c11-10(12)4-2-9(3-5-10)7-8(14)1-6-13-9/h13H,1-7H2. The Labute approximate surface area is 82.1 Å². The molecule has 0 aromatic heterocycles. The Balaban J connectivity index is 2.01. The van der Waals surface area contributed by atoms with Gasteiger partial charge in [-0.1, -0.05) is 0 Å². The van der Waals surface area contributed by atoms with Crippen molar-refractivity contribution in [1.29, 1.82) is 0 Å². The van der Waals surface area contributed by atoms with Crippen LogP contribution in [0.4, 0.5) is 8.78 Å². The molecule has 2 fully saturated rings. The molecule has 14 heavy (non-hydrogen) atoms. The predicted octanol–water partition coefficient (Wildman–Crippen LogP) is 1.89. The smallest absolute Gasteiger partial charge is 0.248 e. The molecule has 0 unspecified atom stereocenters. The number of rotatable bonds is 0. The number of ketones is 1. The lowest BCUT2D eigenvalue weighted by Crippen LogP contribution is -2.54. The highest BCUT2D eigenvalue weighted by Gasteiger charge is 2.45. The minimum Gasteiger partial charge on any atom is -0.310 e. The number of alkyl halides is 2. The van der Waals surface area contributed by atoms with Crippen LogP contribution in [-0.2, 0) is 4.79 Å². The van der Waals surface area contributed by atoms with Gasteiger partial charge in [-0.05, 0) is 12.8 Å². The van der Waals surface area contributed by atoms with Crippen molar-refractivity contribution in [3.63, 3.8) is 0 Å². The average Bonchev–Trinajstić information content (AvgIpc) is 2.12. The molecule has 0 amide bonds. The molecule has 0 aromatic carbocycles. The zero-order chi connectivity index (χ0) is 10.2. The van der Waals surface area contributed by atoms with Crippen molar-refractivity contribution in [2.24, 2.45) is 0 Å². The Kier molecular flexibility index (Phi) is 2.33. The van der Waals surface area contributed by atoms with Gasteiger partial charge in [-0.15, -0.1) is 0 Å². The van der Waals surface area contributed by atoms with Crippen LogP contribution in [-0.4, -0.2) is 23.8 Å². The average molecular weight is 203 g/mol. The minimum atomic E-state index is -2.51. The molecule has 4 heteroatoms. The number of hydrogen-bond donors (Lipinski definition) is 1. The number of halogens is 2. The Bertz CT molecular complexity index is 243. The van der Waals surface area contributed by atoms with Crippen LogP contribution >= 0.6 is 0 Å². The summed E-state index contributed by atoms with van der Waals surface area (Å²) in [5.74, 6) is -2.29. The molecule has 0 bridgehead atoms. The van der Waals surface area contributed by atoms with Crippen molar-refractivity contribution in [3.8, 4) is 0 Å². The fourth-order valence-electron chi connectivity index (χ4n) is 2.44. The summed E-state index contributed by atoms with van der Waals surface area (Å²) >= 11 is 0. The largest absolute Gasteiger partial charge is 0.310 e. The second-order valence-electron chi connectivity index (χ2n) is 4.53. The topological polar surface area (TPSA) is 29.1 Å². The maximum Gasteiger partial charge on any atom is 0.248 e. The first-order chi connectivity index (χ1) is 6.52. The molecule has 1 aliphatic carbocycles. The normalized spacial score (nSPS) is 30.6. The fraction of sp³-hybridized carbons (Fsp3) is 0.900. The van der Waals surface area contributed by atoms with Crippen LogP contribution in [0.25, 0.3) is 0 Å². The number of piperidine rings is 1. The van der Waals surface area contributed by atoms with E-state index in [1.54, 1.807) is 0 Å². The van der Waals surface area contributed by atoms with E-state index in [2.05, 4.69) is 5.32 Å². The van der Waals surface area contributed by atoms with Gasteiger partial charge in [0.05, 0.1) is 0 Å². The molecule has 2 rings (SSSR count). The van der Waals surface area contributed by atoms with Crippen molar-refractivity contribution in [2.75, 3.05) is 6.54 Å². The molecule has 1 aliphatic heterocycles. The van der Waals surface area contributed by atoms with Crippen molar-refractivity contribution in [1.82, 2.24) is 5.32 Å². The Hall–Kier alpha value is -0.510. The Morgan fingerprint density at radius 1 is 1.14 bits per heavy atom. The van der Waals surface area contributed by atoms with Crippen molar-refractivity contribution in [2.45, 2.75) is 50.0 Å². The second-order valence-corrected chi connectivity index (χ2v) is 4.53. The van der Waals surface area contributed by atoms with Gasteiger partial charge in [-0.3, -0.25) is 4.79 Å². The van der Waals surface area contributed by atoms with Crippen LogP contribution in [0.5, 0.6) is 0 Å². The van der Waals surface area contributed by atoms with Gasteiger partial charge < -0.3 is 5.32 Å². The van der Waals surface area contributed by atoms with Gasteiger partial charge in [-0.2, -0.15) is 0 Å². The van der Waals surface area contributed by atoms with Crippen LogP contribution in [0, 0.1) is 0 Å². The molecular weight excluding hydrogens is 188 g/mol. The van der Waals surface area contributed by atoms with Gasteiger partial charge in [0.15, 0.2) is 0 Å². The zero-order valence-electron chi connectivity index (χ0n) is 8.11. The highest BCUT2D eigenvalue weighted by molar-refractivity contribution is 5.80. The highest BCUT2D eigenvalue weighted by Crippen LogP contribution is 2.41. The Morgan fingerprint density at radius 2 is 1.79 bits per heavy atom. The first kappa shape index (κ1) is 10.0. The summed E-state index contributed by atoms with van der Waals surface area (Å²) < 4.78 is 25.9. The lowest BCUT2D eigenvalue weighted by molar-refractivity contribution is -0.125. The summed E-state index contributed by atoms with van der Waals surface area (Å²) in [5.41, 5.74) is -0.295. The zero-order valence-corrected chi connectivity index (χ0v) is 8.11. The van der Waals surface area contributed by atoms with E-state index in [4.69, 9.17) is 0 Å². The number of carbonyl (C=O) groups excluding carboxylic acids is 1. The maximum absolute atomic E-state index is 12.9. The van der Waals surface area contributed by atoms with E-state index in [9.17, 15) is 13.6 Å². The molecule has 1 saturated heterocycles. The summed E-state index contributed by atoms with van der Waals surface area (Å²) in [6.45, 7) is 0.657. The molecule has 2 nitrogen and oxygen atoms in total. The quantitative estimate of drug-likeness (QED) is 0.651.